The van der Waals surface area contributed by atoms with Gasteiger partial charge in [0.25, 0.3) is 11.7 Å². The lowest BCUT2D eigenvalue weighted by Gasteiger charge is -2.24. The van der Waals surface area contributed by atoms with E-state index >= 15 is 0 Å². The lowest BCUT2D eigenvalue weighted by molar-refractivity contribution is -0.140. The molecule has 8 nitrogen and oxygen atoms in total. The monoisotopic (exact) mass is 449 g/mol. The standard InChI is InChI=1S/C25H23NO7/c1-30-16-9-5-4-8-15(16)14-26-22(19-12-7-13-33-19)21(24(28)25(26)29)23(27)20-17(31-2)10-6-11-18(20)32-3/h4-13,22,27H,14H2,1-3H3/b23-21+. The summed E-state index contributed by atoms with van der Waals surface area (Å²) in [5, 5.41) is 11.3. The van der Waals surface area contributed by atoms with E-state index in [-0.39, 0.29) is 17.7 Å². The largest absolute Gasteiger partial charge is 0.506 e. The Kier molecular flexibility index (Phi) is 6.08. The van der Waals surface area contributed by atoms with E-state index in [0.717, 1.165) is 0 Å². The van der Waals surface area contributed by atoms with Gasteiger partial charge in [-0.1, -0.05) is 24.3 Å². The average molecular weight is 449 g/mol. The molecule has 2 heterocycles. The van der Waals surface area contributed by atoms with Crippen molar-refractivity contribution in [2.24, 2.45) is 0 Å². The molecular formula is C25H23NO7. The van der Waals surface area contributed by atoms with E-state index < -0.39 is 23.5 Å². The molecule has 1 saturated heterocycles. The number of hydrogen-bond acceptors (Lipinski definition) is 7. The van der Waals surface area contributed by atoms with Crippen LogP contribution in [0.15, 0.2) is 70.9 Å². The Labute approximate surface area is 190 Å². The van der Waals surface area contributed by atoms with Crippen LogP contribution < -0.4 is 14.2 Å². The summed E-state index contributed by atoms with van der Waals surface area (Å²) in [6.07, 6.45) is 1.45. The van der Waals surface area contributed by atoms with Crippen LogP contribution in [0, 0.1) is 0 Å². The number of amides is 1. The van der Waals surface area contributed by atoms with Gasteiger partial charge in [-0.15, -0.1) is 0 Å². The fourth-order valence-electron chi connectivity index (χ4n) is 4.02. The highest BCUT2D eigenvalue weighted by atomic mass is 16.5. The molecule has 0 spiro atoms. The Hall–Kier alpha value is -4.20. The fraction of sp³-hybridized carbons (Fsp3) is 0.200. The maximum atomic E-state index is 13.2. The molecule has 1 unspecified atom stereocenters. The first-order valence-corrected chi connectivity index (χ1v) is 10.2. The molecule has 1 aliphatic rings. The third-order valence-electron chi connectivity index (χ3n) is 5.55. The highest BCUT2D eigenvalue weighted by Gasteiger charge is 2.48. The highest BCUT2D eigenvalue weighted by Crippen LogP contribution is 2.44. The first-order valence-electron chi connectivity index (χ1n) is 10.2. The molecule has 0 bridgehead atoms. The van der Waals surface area contributed by atoms with Gasteiger partial charge in [0.05, 0.1) is 39.7 Å². The number of aliphatic hydroxyl groups is 1. The van der Waals surface area contributed by atoms with Crippen LogP contribution in [0.25, 0.3) is 5.76 Å². The number of furan rings is 1. The molecule has 1 aliphatic heterocycles. The number of likely N-dealkylation sites (tertiary alicyclic amines) is 1. The molecule has 8 heteroatoms. The zero-order valence-corrected chi connectivity index (χ0v) is 18.4. The van der Waals surface area contributed by atoms with Crippen LogP contribution in [-0.4, -0.2) is 43.0 Å². The third-order valence-corrected chi connectivity index (χ3v) is 5.55. The van der Waals surface area contributed by atoms with Crippen molar-refractivity contribution < 1.29 is 33.3 Å². The molecule has 1 amide bonds. The van der Waals surface area contributed by atoms with Crippen LogP contribution in [0.1, 0.15) is 22.9 Å². The Bertz CT molecular complexity index is 1190. The predicted octanol–water partition coefficient (Wildman–Crippen LogP) is 3.93. The second-order valence-electron chi connectivity index (χ2n) is 7.29. The third kappa shape index (κ3) is 3.80. The maximum Gasteiger partial charge on any atom is 0.296 e. The fourth-order valence-corrected chi connectivity index (χ4v) is 4.02. The number of benzene rings is 2. The van der Waals surface area contributed by atoms with Crippen LogP contribution in [0.5, 0.6) is 17.2 Å². The molecule has 0 aliphatic carbocycles. The summed E-state index contributed by atoms with van der Waals surface area (Å²) in [5.41, 5.74) is 0.760. The smallest absolute Gasteiger partial charge is 0.296 e. The lowest BCUT2D eigenvalue weighted by Crippen LogP contribution is -2.29. The van der Waals surface area contributed by atoms with E-state index in [1.54, 1.807) is 42.5 Å². The van der Waals surface area contributed by atoms with Crippen molar-refractivity contribution in [2.45, 2.75) is 12.6 Å². The van der Waals surface area contributed by atoms with Crippen LogP contribution in [0.3, 0.4) is 0 Å². The van der Waals surface area contributed by atoms with Gasteiger partial charge in [-0.2, -0.15) is 0 Å². The number of nitrogens with zero attached hydrogens (tertiary/aromatic N) is 1. The number of hydrogen-bond donors (Lipinski definition) is 1. The zero-order valence-electron chi connectivity index (χ0n) is 18.4. The molecule has 3 aromatic rings. The van der Waals surface area contributed by atoms with E-state index in [0.29, 0.717) is 28.6 Å². The summed E-state index contributed by atoms with van der Waals surface area (Å²) in [5.74, 6) is -0.522. The topological polar surface area (TPSA) is 98.4 Å². The second kappa shape index (κ2) is 9.12. The molecule has 1 aromatic heterocycles. The van der Waals surface area contributed by atoms with Gasteiger partial charge in [0.2, 0.25) is 0 Å². The number of ether oxygens (including phenoxy) is 3. The highest BCUT2D eigenvalue weighted by molar-refractivity contribution is 6.46. The van der Waals surface area contributed by atoms with Crippen molar-refractivity contribution in [1.82, 2.24) is 4.90 Å². The van der Waals surface area contributed by atoms with Crippen LogP contribution in [0.2, 0.25) is 0 Å². The van der Waals surface area contributed by atoms with Crippen LogP contribution in [-0.2, 0) is 16.1 Å². The Morgan fingerprint density at radius 2 is 1.55 bits per heavy atom. The number of methoxy groups -OCH3 is 3. The summed E-state index contributed by atoms with van der Waals surface area (Å²) in [6.45, 7) is 0.0692. The number of carbonyl (C=O) groups is 2. The minimum atomic E-state index is -0.959. The van der Waals surface area contributed by atoms with Crippen molar-refractivity contribution in [3.63, 3.8) is 0 Å². The summed E-state index contributed by atoms with van der Waals surface area (Å²) in [7, 11) is 4.41. The minimum Gasteiger partial charge on any atom is -0.506 e. The Balaban J connectivity index is 1.90. The van der Waals surface area contributed by atoms with Crippen molar-refractivity contribution in [3.8, 4) is 17.2 Å². The van der Waals surface area contributed by atoms with E-state index in [9.17, 15) is 14.7 Å². The van der Waals surface area contributed by atoms with Gasteiger partial charge in [-0.3, -0.25) is 9.59 Å². The van der Waals surface area contributed by atoms with E-state index in [4.69, 9.17) is 18.6 Å². The number of carbonyl (C=O) groups excluding carboxylic acids is 2. The van der Waals surface area contributed by atoms with Gasteiger partial charge in [0.1, 0.15) is 40.4 Å². The molecular weight excluding hydrogens is 426 g/mol. The number of aliphatic hydroxyl groups excluding tert-OH is 1. The summed E-state index contributed by atoms with van der Waals surface area (Å²) >= 11 is 0. The van der Waals surface area contributed by atoms with E-state index in [1.165, 1.54) is 32.5 Å². The SMILES string of the molecule is COc1ccccc1CN1C(=O)C(=O)/C(=C(/O)c2c(OC)cccc2OC)C1c1ccco1. The van der Waals surface area contributed by atoms with Gasteiger partial charge >= 0.3 is 0 Å². The van der Waals surface area contributed by atoms with Crippen molar-refractivity contribution in [3.05, 3.63) is 83.3 Å². The predicted molar refractivity (Wildman–Crippen MR) is 119 cm³/mol. The first kappa shape index (κ1) is 22.0. The van der Waals surface area contributed by atoms with Crippen LogP contribution in [0.4, 0.5) is 0 Å². The number of rotatable bonds is 7. The molecule has 4 rings (SSSR count). The maximum absolute atomic E-state index is 13.2. The minimum absolute atomic E-state index is 0.0692. The van der Waals surface area contributed by atoms with Gasteiger partial charge in [-0.25, -0.2) is 0 Å². The molecule has 0 radical (unpaired) electrons. The molecule has 1 N–H and O–H groups in total. The van der Waals surface area contributed by atoms with Crippen LogP contribution >= 0.6 is 0 Å². The van der Waals surface area contributed by atoms with Gasteiger partial charge in [0.15, 0.2) is 0 Å². The molecule has 170 valence electrons. The Morgan fingerprint density at radius 1 is 0.909 bits per heavy atom. The molecule has 1 fully saturated rings. The molecule has 0 saturated carbocycles. The van der Waals surface area contributed by atoms with Gasteiger partial charge < -0.3 is 28.6 Å². The first-order chi connectivity index (χ1) is 16.0. The van der Waals surface area contributed by atoms with Crippen molar-refractivity contribution in [1.29, 1.82) is 0 Å². The van der Waals surface area contributed by atoms with Crippen molar-refractivity contribution >= 4 is 17.4 Å². The molecule has 33 heavy (non-hydrogen) atoms. The second-order valence-corrected chi connectivity index (χ2v) is 7.29. The summed E-state index contributed by atoms with van der Waals surface area (Å²) < 4.78 is 21.8. The van der Waals surface area contributed by atoms with Crippen molar-refractivity contribution in [2.75, 3.05) is 21.3 Å². The van der Waals surface area contributed by atoms with Gasteiger partial charge in [0, 0.05) is 5.56 Å². The summed E-state index contributed by atoms with van der Waals surface area (Å²) in [6, 6.07) is 14.5. The van der Waals surface area contributed by atoms with Gasteiger partial charge in [-0.05, 0) is 30.3 Å². The number of para-hydroxylation sites is 1. The zero-order chi connectivity index (χ0) is 23.5. The normalized spacial score (nSPS) is 17.3. The van der Waals surface area contributed by atoms with E-state index in [2.05, 4.69) is 0 Å². The van der Waals surface area contributed by atoms with E-state index in [1.807, 2.05) is 12.1 Å². The lowest BCUT2D eigenvalue weighted by atomic mass is 9.98. The quantitative estimate of drug-likeness (QED) is 0.332. The number of ketones is 1. The molecule has 2 aromatic carbocycles. The molecule has 1 atom stereocenters. The number of Topliss-reactive ketones (excluding diaryl/α,β-unsaturated/α-hetero) is 1. The average Bonchev–Trinajstić information content (AvgIpc) is 3.46. The summed E-state index contributed by atoms with van der Waals surface area (Å²) in [4.78, 5) is 27.7. The Morgan fingerprint density at radius 3 is 2.15 bits per heavy atom.